The largest absolute Gasteiger partial charge is 0.353 e. The lowest BCUT2D eigenvalue weighted by Gasteiger charge is -2.35. The summed E-state index contributed by atoms with van der Waals surface area (Å²) in [6.07, 6.45) is 4.75. The number of aromatic nitrogens is 2. The summed E-state index contributed by atoms with van der Waals surface area (Å²) in [7, 11) is 0. The molecule has 1 saturated heterocycles. The maximum atomic E-state index is 4.36. The van der Waals surface area contributed by atoms with Gasteiger partial charge in [0.05, 0.1) is 3.57 Å². The Labute approximate surface area is 110 Å². The van der Waals surface area contributed by atoms with Gasteiger partial charge in [0.2, 0.25) is 0 Å². The molecule has 1 aliphatic rings. The van der Waals surface area contributed by atoms with E-state index in [1.165, 1.54) is 13.0 Å². The van der Waals surface area contributed by atoms with Crippen molar-refractivity contribution in [2.24, 2.45) is 0 Å². The van der Waals surface area contributed by atoms with Crippen LogP contribution in [0.1, 0.15) is 13.3 Å². The summed E-state index contributed by atoms with van der Waals surface area (Å²) in [5.74, 6) is 1.09. The third-order valence-electron chi connectivity index (χ3n) is 2.86. The van der Waals surface area contributed by atoms with E-state index in [9.17, 15) is 0 Å². The Bertz CT molecular complexity index is 337. The predicted octanol–water partition coefficient (Wildman–Crippen LogP) is 1.61. The summed E-state index contributed by atoms with van der Waals surface area (Å²) in [4.78, 5) is 13.3. The number of hydrogen-bond donors (Lipinski definition) is 0. The molecule has 5 heteroatoms. The Morgan fingerprint density at radius 3 is 2.69 bits per heavy atom. The van der Waals surface area contributed by atoms with Crippen LogP contribution in [-0.2, 0) is 0 Å². The Balaban J connectivity index is 1.96. The molecule has 4 nitrogen and oxygen atoms in total. The van der Waals surface area contributed by atoms with Crippen LogP contribution in [0.15, 0.2) is 12.5 Å². The zero-order valence-electron chi connectivity index (χ0n) is 9.56. The van der Waals surface area contributed by atoms with Crippen LogP contribution in [0.3, 0.4) is 0 Å². The molecule has 0 aliphatic carbocycles. The minimum absolute atomic E-state index is 1.08. The number of hydrogen-bond acceptors (Lipinski definition) is 4. The highest BCUT2D eigenvalue weighted by molar-refractivity contribution is 14.1. The van der Waals surface area contributed by atoms with Gasteiger partial charge in [0, 0.05) is 32.4 Å². The highest BCUT2D eigenvalue weighted by Gasteiger charge is 2.18. The van der Waals surface area contributed by atoms with E-state index in [1.54, 1.807) is 6.33 Å². The first-order valence-corrected chi connectivity index (χ1v) is 6.82. The Morgan fingerprint density at radius 2 is 2.06 bits per heavy atom. The summed E-state index contributed by atoms with van der Waals surface area (Å²) < 4.78 is 1.14. The molecule has 1 aromatic heterocycles. The van der Waals surface area contributed by atoms with Crippen LogP contribution in [-0.4, -0.2) is 47.6 Å². The van der Waals surface area contributed by atoms with E-state index in [1.807, 2.05) is 6.20 Å². The highest BCUT2D eigenvalue weighted by atomic mass is 127. The van der Waals surface area contributed by atoms with E-state index in [2.05, 4.69) is 49.3 Å². The molecule has 0 atom stereocenters. The van der Waals surface area contributed by atoms with Gasteiger partial charge in [-0.3, -0.25) is 4.90 Å². The minimum atomic E-state index is 1.08. The van der Waals surface area contributed by atoms with Crippen LogP contribution in [0, 0.1) is 3.57 Å². The topological polar surface area (TPSA) is 32.3 Å². The molecule has 0 unspecified atom stereocenters. The van der Waals surface area contributed by atoms with Crippen molar-refractivity contribution in [3.8, 4) is 0 Å². The first kappa shape index (κ1) is 12.0. The van der Waals surface area contributed by atoms with Crippen molar-refractivity contribution in [1.29, 1.82) is 0 Å². The average molecular weight is 332 g/mol. The summed E-state index contributed by atoms with van der Waals surface area (Å²) in [5, 5.41) is 0. The fourth-order valence-electron chi connectivity index (χ4n) is 2.04. The lowest BCUT2D eigenvalue weighted by molar-refractivity contribution is 0.258. The number of anilines is 1. The molecule has 1 aromatic rings. The van der Waals surface area contributed by atoms with Crippen molar-refractivity contribution in [2.75, 3.05) is 37.6 Å². The highest BCUT2D eigenvalue weighted by Crippen LogP contribution is 2.19. The lowest BCUT2D eigenvalue weighted by Crippen LogP contribution is -2.47. The van der Waals surface area contributed by atoms with Crippen molar-refractivity contribution < 1.29 is 0 Å². The molecule has 88 valence electrons. The number of halogens is 1. The van der Waals surface area contributed by atoms with Crippen LogP contribution < -0.4 is 4.90 Å². The summed E-state index contributed by atoms with van der Waals surface area (Å²) in [6.45, 7) is 7.90. The van der Waals surface area contributed by atoms with Crippen LogP contribution >= 0.6 is 22.6 Å². The Kier molecular flexibility index (Phi) is 4.34. The zero-order chi connectivity index (χ0) is 11.4. The van der Waals surface area contributed by atoms with Crippen LogP contribution in [0.4, 0.5) is 5.82 Å². The van der Waals surface area contributed by atoms with E-state index in [4.69, 9.17) is 0 Å². The van der Waals surface area contributed by atoms with E-state index >= 15 is 0 Å². The van der Waals surface area contributed by atoms with Crippen LogP contribution in [0.25, 0.3) is 0 Å². The molecule has 0 saturated carbocycles. The molecule has 0 radical (unpaired) electrons. The molecule has 0 N–H and O–H groups in total. The fourth-order valence-corrected chi connectivity index (χ4v) is 2.68. The van der Waals surface area contributed by atoms with Gasteiger partial charge in [-0.2, -0.15) is 0 Å². The molecule has 2 rings (SSSR count). The maximum Gasteiger partial charge on any atom is 0.145 e. The summed E-state index contributed by atoms with van der Waals surface area (Å²) >= 11 is 2.30. The first-order chi connectivity index (χ1) is 7.81. The van der Waals surface area contributed by atoms with Gasteiger partial charge in [-0.1, -0.05) is 6.92 Å². The average Bonchev–Trinajstić information content (AvgIpc) is 2.31. The van der Waals surface area contributed by atoms with Gasteiger partial charge in [-0.25, -0.2) is 9.97 Å². The van der Waals surface area contributed by atoms with E-state index in [0.29, 0.717) is 0 Å². The molecule has 16 heavy (non-hydrogen) atoms. The summed E-state index contributed by atoms with van der Waals surface area (Å²) in [6, 6.07) is 0. The number of piperazine rings is 1. The van der Waals surface area contributed by atoms with E-state index < -0.39 is 0 Å². The Hall–Kier alpha value is -0.430. The molecule has 0 amide bonds. The van der Waals surface area contributed by atoms with E-state index in [0.717, 1.165) is 35.6 Å². The molecule has 0 spiro atoms. The van der Waals surface area contributed by atoms with Gasteiger partial charge in [-0.15, -0.1) is 0 Å². The van der Waals surface area contributed by atoms with Gasteiger partial charge in [0.1, 0.15) is 12.1 Å². The van der Waals surface area contributed by atoms with Gasteiger partial charge >= 0.3 is 0 Å². The van der Waals surface area contributed by atoms with Crippen molar-refractivity contribution in [2.45, 2.75) is 13.3 Å². The minimum Gasteiger partial charge on any atom is -0.353 e. The third kappa shape index (κ3) is 2.82. The lowest BCUT2D eigenvalue weighted by atomic mass is 10.3. The second kappa shape index (κ2) is 5.77. The number of nitrogens with zero attached hydrogens (tertiary/aromatic N) is 4. The van der Waals surface area contributed by atoms with Gasteiger partial charge in [-0.05, 0) is 35.6 Å². The van der Waals surface area contributed by atoms with Gasteiger partial charge < -0.3 is 4.90 Å². The van der Waals surface area contributed by atoms with Crippen LogP contribution in [0.2, 0.25) is 0 Å². The normalized spacial score (nSPS) is 17.8. The molecular weight excluding hydrogens is 315 g/mol. The number of rotatable bonds is 3. The smallest absolute Gasteiger partial charge is 0.145 e. The maximum absolute atomic E-state index is 4.36. The summed E-state index contributed by atoms with van der Waals surface area (Å²) in [5.41, 5.74) is 0. The molecule has 1 aliphatic heterocycles. The zero-order valence-corrected chi connectivity index (χ0v) is 11.7. The molecule has 0 aromatic carbocycles. The molecular formula is C11H17IN4. The van der Waals surface area contributed by atoms with Gasteiger partial charge in [0.25, 0.3) is 0 Å². The second-order valence-corrected chi connectivity index (χ2v) is 5.19. The second-order valence-electron chi connectivity index (χ2n) is 4.02. The van der Waals surface area contributed by atoms with Crippen molar-refractivity contribution >= 4 is 28.4 Å². The van der Waals surface area contributed by atoms with E-state index in [-0.39, 0.29) is 0 Å². The molecule has 0 bridgehead atoms. The Morgan fingerprint density at radius 1 is 1.31 bits per heavy atom. The SMILES string of the molecule is CCCN1CCN(c2ncncc2I)CC1. The van der Waals surface area contributed by atoms with Crippen molar-refractivity contribution in [3.63, 3.8) is 0 Å². The van der Waals surface area contributed by atoms with Crippen molar-refractivity contribution in [3.05, 3.63) is 16.1 Å². The third-order valence-corrected chi connectivity index (χ3v) is 3.62. The standard InChI is InChI=1S/C11H17IN4/c1-2-3-15-4-6-16(7-5-15)11-10(12)8-13-9-14-11/h8-9H,2-7H2,1H3. The van der Waals surface area contributed by atoms with Crippen LogP contribution in [0.5, 0.6) is 0 Å². The van der Waals surface area contributed by atoms with Gasteiger partial charge in [0.15, 0.2) is 0 Å². The monoisotopic (exact) mass is 332 g/mol. The molecule has 1 fully saturated rings. The predicted molar refractivity (Wildman–Crippen MR) is 73.7 cm³/mol. The molecule has 2 heterocycles. The van der Waals surface area contributed by atoms with Crippen molar-refractivity contribution in [1.82, 2.24) is 14.9 Å². The first-order valence-electron chi connectivity index (χ1n) is 5.74. The quantitative estimate of drug-likeness (QED) is 0.788. The fraction of sp³-hybridized carbons (Fsp3) is 0.636.